The molecule has 29 heavy (non-hydrogen) atoms. The van der Waals surface area contributed by atoms with Crippen molar-refractivity contribution in [3.8, 4) is 0 Å². The molecule has 1 aliphatic heterocycles. The highest BCUT2D eigenvalue weighted by atomic mass is 127. The van der Waals surface area contributed by atoms with Gasteiger partial charge in [-0.15, -0.1) is 35.7 Å². The number of guanidine groups is 1. The summed E-state index contributed by atoms with van der Waals surface area (Å²) < 4.78 is 5.41. The molecule has 1 heterocycles. The van der Waals surface area contributed by atoms with Gasteiger partial charge in [0, 0.05) is 50.4 Å². The Morgan fingerprint density at radius 2 is 1.69 bits per heavy atom. The van der Waals surface area contributed by atoms with Crippen molar-refractivity contribution in [1.29, 1.82) is 0 Å². The summed E-state index contributed by atoms with van der Waals surface area (Å²) in [5, 5.41) is 6.76. The van der Waals surface area contributed by atoms with Crippen LogP contribution in [-0.2, 0) is 17.8 Å². The lowest BCUT2D eigenvalue weighted by molar-refractivity contribution is 0.0342. The number of halogens is 1. The predicted octanol–water partition coefficient (Wildman–Crippen LogP) is 3.59. The van der Waals surface area contributed by atoms with E-state index >= 15 is 0 Å². The lowest BCUT2D eigenvalue weighted by Crippen LogP contribution is -2.38. The van der Waals surface area contributed by atoms with Gasteiger partial charge in [0.2, 0.25) is 0 Å². The van der Waals surface area contributed by atoms with Gasteiger partial charge in [-0.05, 0) is 23.3 Å². The number of ether oxygens (including phenoxy) is 1. The Morgan fingerprint density at radius 3 is 2.38 bits per heavy atom. The Hall–Kier alpha value is -1.29. The summed E-state index contributed by atoms with van der Waals surface area (Å²) >= 11 is 1.85. The third-order valence-electron chi connectivity index (χ3n) is 4.62. The molecule has 3 rings (SSSR count). The number of benzene rings is 2. The second kappa shape index (κ2) is 13.8. The van der Waals surface area contributed by atoms with Gasteiger partial charge in [-0.3, -0.25) is 9.89 Å². The number of nitrogens with one attached hydrogen (secondary N) is 2. The average molecular weight is 526 g/mol. The van der Waals surface area contributed by atoms with Crippen LogP contribution in [0.2, 0.25) is 0 Å². The van der Waals surface area contributed by atoms with Crippen LogP contribution in [0.1, 0.15) is 11.1 Å². The maximum atomic E-state index is 5.41. The van der Waals surface area contributed by atoms with E-state index in [1.807, 2.05) is 24.9 Å². The molecule has 158 valence electrons. The summed E-state index contributed by atoms with van der Waals surface area (Å²) in [5.74, 6) is 1.84. The van der Waals surface area contributed by atoms with E-state index in [2.05, 4.69) is 69.1 Å². The van der Waals surface area contributed by atoms with Crippen molar-refractivity contribution in [3.63, 3.8) is 0 Å². The second-order valence-electron chi connectivity index (χ2n) is 6.72. The molecule has 0 unspecified atom stereocenters. The first-order valence-corrected chi connectivity index (χ1v) is 10.8. The highest BCUT2D eigenvalue weighted by Crippen LogP contribution is 2.15. The second-order valence-corrected chi connectivity index (χ2v) is 7.89. The van der Waals surface area contributed by atoms with Crippen molar-refractivity contribution < 1.29 is 4.74 Å². The van der Waals surface area contributed by atoms with Crippen LogP contribution in [0, 0.1) is 0 Å². The monoisotopic (exact) mass is 526 g/mol. The fraction of sp³-hybridized carbons (Fsp3) is 0.409. The number of hydrogen-bond acceptors (Lipinski definition) is 4. The first kappa shape index (κ1) is 24.0. The van der Waals surface area contributed by atoms with Gasteiger partial charge in [0.05, 0.1) is 13.2 Å². The molecule has 1 aliphatic rings. The zero-order chi connectivity index (χ0) is 19.4. The van der Waals surface area contributed by atoms with E-state index in [1.54, 1.807) is 0 Å². The quantitative estimate of drug-likeness (QED) is 0.181. The Morgan fingerprint density at radius 1 is 1.00 bits per heavy atom. The van der Waals surface area contributed by atoms with Crippen LogP contribution in [0.3, 0.4) is 0 Å². The zero-order valence-electron chi connectivity index (χ0n) is 17.0. The Bertz CT molecular complexity index is 721. The first-order valence-electron chi connectivity index (χ1n) is 9.84. The molecule has 0 radical (unpaired) electrons. The fourth-order valence-electron chi connectivity index (χ4n) is 3.04. The summed E-state index contributed by atoms with van der Waals surface area (Å²) in [6.07, 6.45) is 0. The van der Waals surface area contributed by atoms with Crippen molar-refractivity contribution >= 4 is 41.7 Å². The number of hydrogen-bond donors (Lipinski definition) is 2. The number of thioether (sulfide) groups is 1. The standard InChI is InChI=1S/C22H30N4OS.HI/c1-23-22(24-11-16-28-21-5-3-2-4-6-21)25-17-19-7-9-20(10-8-19)18-26-12-14-27-15-13-26;/h2-10H,11-18H2,1H3,(H2,23,24,25);1H. The molecule has 0 aliphatic carbocycles. The summed E-state index contributed by atoms with van der Waals surface area (Å²) in [6, 6.07) is 19.3. The lowest BCUT2D eigenvalue weighted by atomic mass is 10.1. The summed E-state index contributed by atoms with van der Waals surface area (Å²) in [6.45, 7) is 6.37. The van der Waals surface area contributed by atoms with E-state index in [-0.39, 0.29) is 24.0 Å². The van der Waals surface area contributed by atoms with Gasteiger partial charge in [-0.1, -0.05) is 42.5 Å². The molecule has 2 aromatic carbocycles. The Kier molecular flexibility index (Phi) is 11.5. The van der Waals surface area contributed by atoms with Crippen molar-refractivity contribution in [2.24, 2.45) is 4.99 Å². The third kappa shape index (κ3) is 8.94. The number of nitrogens with zero attached hydrogens (tertiary/aromatic N) is 2. The molecule has 0 atom stereocenters. The van der Waals surface area contributed by atoms with Crippen LogP contribution >= 0.6 is 35.7 Å². The highest BCUT2D eigenvalue weighted by molar-refractivity contribution is 14.0. The fourth-order valence-corrected chi connectivity index (χ4v) is 3.83. The molecule has 5 nitrogen and oxygen atoms in total. The van der Waals surface area contributed by atoms with Gasteiger partial charge in [-0.2, -0.15) is 0 Å². The number of morpholine rings is 1. The molecule has 1 saturated heterocycles. The molecule has 0 saturated carbocycles. The van der Waals surface area contributed by atoms with Crippen molar-refractivity contribution in [1.82, 2.24) is 15.5 Å². The molecular weight excluding hydrogens is 495 g/mol. The minimum Gasteiger partial charge on any atom is -0.379 e. The topological polar surface area (TPSA) is 48.9 Å². The summed E-state index contributed by atoms with van der Waals surface area (Å²) in [7, 11) is 1.81. The minimum absolute atomic E-state index is 0. The van der Waals surface area contributed by atoms with Crippen LogP contribution < -0.4 is 10.6 Å². The Labute approximate surface area is 195 Å². The lowest BCUT2D eigenvalue weighted by Gasteiger charge is -2.26. The minimum atomic E-state index is 0. The summed E-state index contributed by atoms with van der Waals surface area (Å²) in [4.78, 5) is 8.05. The van der Waals surface area contributed by atoms with Gasteiger partial charge in [0.1, 0.15) is 0 Å². The smallest absolute Gasteiger partial charge is 0.191 e. The van der Waals surface area contributed by atoms with Gasteiger partial charge in [-0.25, -0.2) is 0 Å². The molecule has 0 aromatic heterocycles. The largest absolute Gasteiger partial charge is 0.379 e. The number of aliphatic imine (C=N–C) groups is 1. The first-order chi connectivity index (χ1) is 13.8. The highest BCUT2D eigenvalue weighted by Gasteiger charge is 2.10. The van der Waals surface area contributed by atoms with E-state index < -0.39 is 0 Å². The van der Waals surface area contributed by atoms with E-state index in [0.717, 1.165) is 57.6 Å². The van der Waals surface area contributed by atoms with Crippen molar-refractivity contribution in [2.75, 3.05) is 45.6 Å². The van der Waals surface area contributed by atoms with Gasteiger partial charge >= 0.3 is 0 Å². The van der Waals surface area contributed by atoms with Crippen LogP contribution in [-0.4, -0.2) is 56.5 Å². The van der Waals surface area contributed by atoms with E-state index in [9.17, 15) is 0 Å². The van der Waals surface area contributed by atoms with Crippen molar-refractivity contribution in [2.45, 2.75) is 18.0 Å². The summed E-state index contributed by atoms with van der Waals surface area (Å²) in [5.41, 5.74) is 2.61. The molecule has 0 amide bonds. The SMILES string of the molecule is CN=C(NCCSc1ccccc1)NCc1ccc(CN2CCOCC2)cc1.I. The maximum absolute atomic E-state index is 5.41. The molecule has 0 spiro atoms. The van der Waals surface area contributed by atoms with E-state index in [1.165, 1.54) is 16.0 Å². The van der Waals surface area contributed by atoms with Crippen molar-refractivity contribution in [3.05, 3.63) is 65.7 Å². The van der Waals surface area contributed by atoms with Crippen LogP contribution in [0.25, 0.3) is 0 Å². The van der Waals surface area contributed by atoms with Gasteiger partial charge < -0.3 is 15.4 Å². The molecule has 2 N–H and O–H groups in total. The van der Waals surface area contributed by atoms with Crippen LogP contribution in [0.4, 0.5) is 0 Å². The normalized spacial score (nSPS) is 14.9. The van der Waals surface area contributed by atoms with Crippen LogP contribution in [0.5, 0.6) is 0 Å². The molecular formula is C22H31IN4OS. The third-order valence-corrected chi connectivity index (χ3v) is 5.64. The van der Waals surface area contributed by atoms with Gasteiger partial charge in [0.15, 0.2) is 5.96 Å². The van der Waals surface area contributed by atoms with E-state index in [0.29, 0.717) is 0 Å². The van der Waals surface area contributed by atoms with Crippen LogP contribution in [0.15, 0.2) is 64.5 Å². The average Bonchev–Trinajstić information content (AvgIpc) is 2.76. The predicted molar refractivity (Wildman–Crippen MR) is 133 cm³/mol. The Balaban J connectivity index is 0.00000300. The molecule has 2 aromatic rings. The van der Waals surface area contributed by atoms with E-state index in [4.69, 9.17) is 4.74 Å². The molecule has 7 heteroatoms. The molecule has 0 bridgehead atoms. The van der Waals surface area contributed by atoms with Gasteiger partial charge in [0.25, 0.3) is 0 Å². The number of rotatable bonds is 8. The zero-order valence-corrected chi connectivity index (χ0v) is 20.1. The maximum Gasteiger partial charge on any atom is 0.191 e. The molecule has 1 fully saturated rings.